The maximum absolute atomic E-state index is 9.37. The molecule has 1 N–H and O–H groups in total. The molecule has 1 aliphatic carbocycles. The van der Waals surface area contributed by atoms with E-state index in [1.54, 1.807) is 0 Å². The molecule has 0 aliphatic heterocycles. The molecule has 1 aliphatic rings. The molecule has 0 heterocycles. The van der Waals surface area contributed by atoms with Crippen LogP contribution in [0.4, 0.5) is 0 Å². The van der Waals surface area contributed by atoms with Gasteiger partial charge in [-0.1, -0.05) is 30.7 Å². The van der Waals surface area contributed by atoms with Crippen LogP contribution in [0.25, 0.3) is 0 Å². The maximum Gasteiger partial charge on any atom is 0.132 e. The summed E-state index contributed by atoms with van der Waals surface area (Å²) >= 11 is 0. The van der Waals surface area contributed by atoms with Crippen LogP contribution in [0.1, 0.15) is 30.0 Å². The topological polar surface area (TPSA) is 35.8 Å². The van der Waals surface area contributed by atoms with Crippen LogP contribution in [-0.2, 0) is 12.0 Å². The number of hydrogen-bond donors (Lipinski definition) is 1. The molecule has 1 unspecified atom stereocenters. The molecule has 0 aromatic heterocycles. The number of hydrogen-bond acceptors (Lipinski definition) is 2. The first-order chi connectivity index (χ1) is 7.22. The average Bonchev–Trinajstić information content (AvgIpc) is 2.58. The molecule has 2 heteroatoms. The highest BCUT2D eigenvalue weighted by atomic mass is 15.0. The van der Waals surface area contributed by atoms with Gasteiger partial charge in [0.2, 0.25) is 0 Å². The third kappa shape index (κ3) is 1.53. The molecule has 0 radical (unpaired) electrons. The van der Waals surface area contributed by atoms with Gasteiger partial charge in [-0.2, -0.15) is 5.26 Å². The molecule has 1 aromatic carbocycles. The lowest BCUT2D eigenvalue weighted by Crippen LogP contribution is -2.38. The fourth-order valence-corrected chi connectivity index (χ4v) is 2.40. The molecular formula is C13H16N2. The fourth-order valence-electron chi connectivity index (χ4n) is 2.40. The van der Waals surface area contributed by atoms with Gasteiger partial charge in [-0.25, -0.2) is 0 Å². The minimum Gasteiger partial charge on any atom is -0.296 e. The number of nitriles is 1. The van der Waals surface area contributed by atoms with Crippen molar-refractivity contribution in [3.63, 3.8) is 0 Å². The second kappa shape index (κ2) is 3.67. The number of nitrogens with one attached hydrogen (secondary N) is 1. The van der Waals surface area contributed by atoms with E-state index < -0.39 is 5.54 Å². The Kier molecular flexibility index (Phi) is 2.50. The van der Waals surface area contributed by atoms with Gasteiger partial charge < -0.3 is 0 Å². The van der Waals surface area contributed by atoms with Crippen LogP contribution in [0.5, 0.6) is 0 Å². The van der Waals surface area contributed by atoms with Crippen LogP contribution in [-0.4, -0.2) is 6.54 Å². The van der Waals surface area contributed by atoms with Crippen LogP contribution in [0.15, 0.2) is 18.2 Å². The van der Waals surface area contributed by atoms with Gasteiger partial charge in [0.15, 0.2) is 0 Å². The van der Waals surface area contributed by atoms with Crippen molar-refractivity contribution < 1.29 is 0 Å². The summed E-state index contributed by atoms with van der Waals surface area (Å²) < 4.78 is 0. The Labute approximate surface area is 90.9 Å². The zero-order valence-electron chi connectivity index (χ0n) is 9.30. The van der Waals surface area contributed by atoms with E-state index in [0.29, 0.717) is 0 Å². The van der Waals surface area contributed by atoms with Crippen LogP contribution in [0.2, 0.25) is 0 Å². The van der Waals surface area contributed by atoms with Crippen molar-refractivity contribution in [1.82, 2.24) is 5.32 Å². The van der Waals surface area contributed by atoms with Gasteiger partial charge in [-0.3, -0.25) is 5.32 Å². The third-order valence-corrected chi connectivity index (χ3v) is 3.16. The third-order valence-electron chi connectivity index (χ3n) is 3.16. The summed E-state index contributed by atoms with van der Waals surface area (Å²) in [6.07, 6.45) is 1.91. The molecule has 0 saturated heterocycles. The molecule has 0 spiro atoms. The Morgan fingerprint density at radius 2 is 2.33 bits per heavy atom. The second-order valence-corrected chi connectivity index (χ2v) is 4.21. The number of benzene rings is 1. The fraction of sp³-hybridized carbons (Fsp3) is 0.462. The summed E-state index contributed by atoms with van der Waals surface area (Å²) in [6.45, 7) is 4.96. The second-order valence-electron chi connectivity index (χ2n) is 4.21. The van der Waals surface area contributed by atoms with E-state index >= 15 is 0 Å². The van der Waals surface area contributed by atoms with Gasteiger partial charge in [0.25, 0.3) is 0 Å². The maximum atomic E-state index is 9.37. The van der Waals surface area contributed by atoms with Crippen LogP contribution >= 0.6 is 0 Å². The lowest BCUT2D eigenvalue weighted by molar-refractivity contribution is 0.437. The first-order valence-corrected chi connectivity index (χ1v) is 5.48. The minimum atomic E-state index is -0.434. The molecule has 2 nitrogen and oxygen atoms in total. The number of aryl methyl sites for hydroxylation is 2. The van der Waals surface area contributed by atoms with E-state index in [0.717, 1.165) is 19.4 Å². The smallest absolute Gasteiger partial charge is 0.132 e. The molecular weight excluding hydrogens is 184 g/mol. The monoisotopic (exact) mass is 200 g/mol. The van der Waals surface area contributed by atoms with Gasteiger partial charge in [-0.05, 0) is 37.4 Å². The van der Waals surface area contributed by atoms with Crippen molar-refractivity contribution in [1.29, 1.82) is 5.26 Å². The van der Waals surface area contributed by atoms with E-state index in [1.165, 1.54) is 16.7 Å². The predicted octanol–water partition coefficient (Wildman–Crippen LogP) is 2.27. The summed E-state index contributed by atoms with van der Waals surface area (Å²) in [5.74, 6) is 0. The summed E-state index contributed by atoms with van der Waals surface area (Å²) in [5, 5.41) is 12.7. The number of fused-ring (bicyclic) bond motifs is 1. The summed E-state index contributed by atoms with van der Waals surface area (Å²) in [7, 11) is 0. The lowest BCUT2D eigenvalue weighted by atomic mass is 9.92. The number of nitrogens with zero attached hydrogens (tertiary/aromatic N) is 1. The van der Waals surface area contributed by atoms with Crippen molar-refractivity contribution >= 4 is 0 Å². The van der Waals surface area contributed by atoms with Crippen molar-refractivity contribution in [3.8, 4) is 6.07 Å². The van der Waals surface area contributed by atoms with Crippen molar-refractivity contribution in [3.05, 3.63) is 34.9 Å². The Morgan fingerprint density at radius 3 is 3.00 bits per heavy atom. The molecule has 0 fully saturated rings. The number of rotatable bonds is 2. The van der Waals surface area contributed by atoms with Crippen molar-refractivity contribution in [2.45, 2.75) is 32.2 Å². The molecule has 2 rings (SSSR count). The highest BCUT2D eigenvalue weighted by Crippen LogP contribution is 2.36. The van der Waals surface area contributed by atoms with Crippen LogP contribution in [0.3, 0.4) is 0 Å². The van der Waals surface area contributed by atoms with E-state index in [-0.39, 0.29) is 0 Å². The highest BCUT2D eigenvalue weighted by molar-refractivity contribution is 5.45. The van der Waals surface area contributed by atoms with E-state index in [1.807, 2.05) is 6.92 Å². The van der Waals surface area contributed by atoms with E-state index in [2.05, 4.69) is 36.5 Å². The molecule has 0 saturated carbocycles. The Morgan fingerprint density at radius 1 is 1.53 bits per heavy atom. The summed E-state index contributed by atoms with van der Waals surface area (Å²) in [4.78, 5) is 0. The van der Waals surface area contributed by atoms with Gasteiger partial charge in [0.05, 0.1) is 6.07 Å². The largest absolute Gasteiger partial charge is 0.296 e. The van der Waals surface area contributed by atoms with Crippen molar-refractivity contribution in [2.24, 2.45) is 0 Å². The van der Waals surface area contributed by atoms with E-state index in [4.69, 9.17) is 0 Å². The molecule has 0 amide bonds. The average molecular weight is 200 g/mol. The predicted molar refractivity (Wildman–Crippen MR) is 60.5 cm³/mol. The first-order valence-electron chi connectivity index (χ1n) is 5.48. The lowest BCUT2D eigenvalue weighted by Gasteiger charge is -2.23. The van der Waals surface area contributed by atoms with Gasteiger partial charge in [0.1, 0.15) is 5.54 Å². The highest BCUT2D eigenvalue weighted by Gasteiger charge is 2.38. The van der Waals surface area contributed by atoms with Gasteiger partial charge in [0, 0.05) is 0 Å². The molecule has 78 valence electrons. The quantitative estimate of drug-likeness (QED) is 0.795. The normalized spacial score (nSPS) is 23.5. The zero-order valence-corrected chi connectivity index (χ0v) is 9.30. The van der Waals surface area contributed by atoms with Crippen LogP contribution in [0, 0.1) is 18.3 Å². The van der Waals surface area contributed by atoms with Gasteiger partial charge in [-0.15, -0.1) is 0 Å². The van der Waals surface area contributed by atoms with E-state index in [9.17, 15) is 5.26 Å². The minimum absolute atomic E-state index is 0.434. The standard InChI is InChI=1S/C13H16N2/c1-3-15-13(9-14)7-6-11-5-4-10(2)8-12(11)13/h4-5,8,15H,3,6-7H2,1-2H3. The molecule has 15 heavy (non-hydrogen) atoms. The van der Waals surface area contributed by atoms with Crippen molar-refractivity contribution in [2.75, 3.05) is 6.54 Å². The summed E-state index contributed by atoms with van der Waals surface area (Å²) in [5.41, 5.74) is 3.30. The molecule has 1 atom stereocenters. The Hall–Kier alpha value is -1.33. The van der Waals surface area contributed by atoms with Gasteiger partial charge >= 0.3 is 0 Å². The SMILES string of the molecule is CCNC1(C#N)CCc2ccc(C)cc21. The Bertz CT molecular complexity index is 413. The Balaban J connectivity index is 2.50. The zero-order chi connectivity index (χ0) is 10.9. The molecule has 0 bridgehead atoms. The molecule has 1 aromatic rings. The summed E-state index contributed by atoms with van der Waals surface area (Å²) in [6, 6.07) is 8.87. The first kappa shape index (κ1) is 10.2. The van der Waals surface area contributed by atoms with Crippen LogP contribution < -0.4 is 5.32 Å².